The molecule has 3 aromatic rings. The topological polar surface area (TPSA) is 102 Å². The molecule has 1 aromatic carbocycles. The minimum absolute atomic E-state index is 0.0959. The van der Waals surface area contributed by atoms with Crippen LogP contribution in [0.25, 0.3) is 11.4 Å². The second-order valence-corrected chi connectivity index (χ2v) is 5.39. The molecule has 28 heavy (non-hydrogen) atoms. The van der Waals surface area contributed by atoms with Gasteiger partial charge in [0.05, 0.1) is 19.2 Å². The molecule has 0 spiro atoms. The molecule has 0 fully saturated rings. The summed E-state index contributed by atoms with van der Waals surface area (Å²) in [5.41, 5.74) is 0.288. The lowest BCUT2D eigenvalue weighted by Crippen LogP contribution is -2.26. The van der Waals surface area contributed by atoms with E-state index in [-0.39, 0.29) is 12.1 Å². The summed E-state index contributed by atoms with van der Waals surface area (Å²) in [5, 5.41) is 9.16. The number of carbonyl (C=O) groups is 1. The van der Waals surface area contributed by atoms with Gasteiger partial charge in [-0.1, -0.05) is 12.1 Å². The van der Waals surface area contributed by atoms with E-state index in [0.29, 0.717) is 23.0 Å². The van der Waals surface area contributed by atoms with Crippen molar-refractivity contribution < 1.29 is 27.4 Å². The molecule has 1 amide bonds. The second kappa shape index (κ2) is 7.94. The summed E-state index contributed by atoms with van der Waals surface area (Å²) in [4.78, 5) is 19.9. The number of H-pyrrole nitrogens is 1. The molecule has 8 nitrogen and oxygen atoms in total. The predicted molar refractivity (Wildman–Crippen MR) is 90.5 cm³/mol. The standard InChI is InChI=1S/C17H14F3N5O3/c1-27-12-7-3-2-5-10(12)14-23-13(24-25-14)9-22-15(26)11-6-4-8-21-16(11)28-17(18,19)20/h2-8H,9H2,1H3,(H,22,26)(H,23,24,25). The van der Waals surface area contributed by atoms with Crippen molar-refractivity contribution in [2.45, 2.75) is 12.9 Å². The minimum Gasteiger partial charge on any atom is -0.496 e. The molecule has 0 bridgehead atoms. The third-order valence-electron chi connectivity index (χ3n) is 3.52. The molecule has 2 aromatic heterocycles. The smallest absolute Gasteiger partial charge is 0.496 e. The van der Waals surface area contributed by atoms with Crippen LogP contribution in [0, 0.1) is 0 Å². The number of ether oxygens (including phenoxy) is 2. The third-order valence-corrected chi connectivity index (χ3v) is 3.52. The summed E-state index contributed by atoms with van der Waals surface area (Å²) in [6, 6.07) is 9.60. The predicted octanol–water partition coefficient (Wildman–Crippen LogP) is 2.70. The zero-order valence-electron chi connectivity index (χ0n) is 14.4. The maximum absolute atomic E-state index is 12.4. The Kier molecular flexibility index (Phi) is 5.43. The molecule has 146 valence electrons. The first kappa shape index (κ1) is 19.1. The molecule has 0 saturated heterocycles. The van der Waals surface area contributed by atoms with Crippen LogP contribution in [0.1, 0.15) is 16.2 Å². The van der Waals surface area contributed by atoms with Crippen LogP contribution in [0.15, 0.2) is 42.6 Å². The van der Waals surface area contributed by atoms with E-state index in [9.17, 15) is 18.0 Å². The first-order chi connectivity index (χ1) is 13.4. The Bertz CT molecular complexity index is 974. The van der Waals surface area contributed by atoms with Gasteiger partial charge in [-0.3, -0.25) is 9.89 Å². The lowest BCUT2D eigenvalue weighted by molar-refractivity contribution is -0.276. The largest absolute Gasteiger partial charge is 0.574 e. The summed E-state index contributed by atoms with van der Waals surface area (Å²) in [5.74, 6) is -0.413. The van der Waals surface area contributed by atoms with Gasteiger partial charge in [0.25, 0.3) is 5.91 Å². The maximum atomic E-state index is 12.4. The van der Waals surface area contributed by atoms with Gasteiger partial charge < -0.3 is 14.8 Å². The average molecular weight is 393 g/mol. The van der Waals surface area contributed by atoms with Crippen molar-refractivity contribution in [3.05, 3.63) is 54.0 Å². The van der Waals surface area contributed by atoms with E-state index < -0.39 is 18.1 Å². The van der Waals surface area contributed by atoms with Crippen molar-refractivity contribution in [1.82, 2.24) is 25.5 Å². The van der Waals surface area contributed by atoms with Gasteiger partial charge in [-0.15, -0.1) is 13.2 Å². The molecular formula is C17H14F3N5O3. The highest BCUT2D eigenvalue weighted by Crippen LogP contribution is 2.26. The molecule has 2 N–H and O–H groups in total. The number of halogens is 3. The van der Waals surface area contributed by atoms with Gasteiger partial charge in [0.2, 0.25) is 5.88 Å². The fourth-order valence-corrected chi connectivity index (χ4v) is 2.34. The fraction of sp³-hybridized carbons (Fsp3) is 0.176. The Labute approximate surface area is 156 Å². The zero-order chi connectivity index (χ0) is 20.1. The number of nitrogens with zero attached hydrogens (tertiary/aromatic N) is 3. The Balaban J connectivity index is 1.70. The molecule has 11 heteroatoms. The Morgan fingerprint density at radius 3 is 2.75 bits per heavy atom. The number of rotatable bonds is 6. The molecule has 0 radical (unpaired) electrons. The summed E-state index contributed by atoms with van der Waals surface area (Å²) < 4.78 is 46.3. The number of amides is 1. The van der Waals surface area contributed by atoms with E-state index in [1.165, 1.54) is 19.2 Å². The summed E-state index contributed by atoms with van der Waals surface area (Å²) >= 11 is 0. The minimum atomic E-state index is -4.96. The van der Waals surface area contributed by atoms with E-state index in [2.05, 4.69) is 30.2 Å². The van der Waals surface area contributed by atoms with E-state index in [1.54, 1.807) is 24.3 Å². The van der Waals surface area contributed by atoms with Gasteiger partial charge in [-0.2, -0.15) is 5.10 Å². The first-order valence-corrected chi connectivity index (χ1v) is 7.91. The van der Waals surface area contributed by atoms with Gasteiger partial charge in [-0.25, -0.2) is 9.97 Å². The van der Waals surface area contributed by atoms with Crippen LogP contribution in [-0.2, 0) is 6.54 Å². The second-order valence-electron chi connectivity index (χ2n) is 5.39. The van der Waals surface area contributed by atoms with Crippen molar-refractivity contribution in [1.29, 1.82) is 0 Å². The summed E-state index contributed by atoms with van der Waals surface area (Å²) in [6.45, 7) is -0.0959. The van der Waals surface area contributed by atoms with E-state index >= 15 is 0 Å². The molecule has 0 unspecified atom stereocenters. The van der Waals surface area contributed by atoms with Crippen LogP contribution >= 0.6 is 0 Å². The Morgan fingerprint density at radius 1 is 1.21 bits per heavy atom. The monoisotopic (exact) mass is 393 g/mol. The van der Waals surface area contributed by atoms with Crippen LogP contribution in [0.5, 0.6) is 11.6 Å². The van der Waals surface area contributed by atoms with Gasteiger partial charge in [0.1, 0.15) is 17.1 Å². The molecule has 0 aliphatic carbocycles. The number of aromatic nitrogens is 4. The SMILES string of the molecule is COc1ccccc1-c1n[nH]c(CNC(=O)c2cccnc2OC(F)(F)F)n1. The molecule has 3 rings (SSSR count). The van der Waals surface area contributed by atoms with Gasteiger partial charge in [-0.05, 0) is 24.3 Å². The van der Waals surface area contributed by atoms with Crippen molar-refractivity contribution in [2.24, 2.45) is 0 Å². The lowest BCUT2D eigenvalue weighted by atomic mass is 10.2. The number of aromatic amines is 1. The van der Waals surface area contributed by atoms with Gasteiger partial charge >= 0.3 is 6.36 Å². The highest BCUT2D eigenvalue weighted by Gasteiger charge is 2.33. The van der Waals surface area contributed by atoms with Crippen LogP contribution < -0.4 is 14.8 Å². The Hall–Kier alpha value is -3.63. The van der Waals surface area contributed by atoms with Crippen molar-refractivity contribution in [3.63, 3.8) is 0 Å². The number of nitrogens with one attached hydrogen (secondary N) is 2. The van der Waals surface area contributed by atoms with Crippen LogP contribution in [0.3, 0.4) is 0 Å². The highest BCUT2D eigenvalue weighted by atomic mass is 19.4. The first-order valence-electron chi connectivity index (χ1n) is 7.91. The number of para-hydroxylation sites is 1. The molecule has 0 saturated carbocycles. The number of hydrogen-bond donors (Lipinski definition) is 2. The van der Waals surface area contributed by atoms with E-state index in [1.807, 2.05) is 0 Å². The summed E-state index contributed by atoms with van der Waals surface area (Å²) in [7, 11) is 1.52. The quantitative estimate of drug-likeness (QED) is 0.668. The molecule has 0 aliphatic rings. The average Bonchev–Trinajstić information content (AvgIpc) is 3.14. The van der Waals surface area contributed by atoms with Crippen molar-refractivity contribution >= 4 is 5.91 Å². The van der Waals surface area contributed by atoms with Crippen molar-refractivity contribution in [2.75, 3.05) is 7.11 Å². The third kappa shape index (κ3) is 4.55. The van der Waals surface area contributed by atoms with Crippen LogP contribution in [-0.4, -0.2) is 39.5 Å². The normalized spacial score (nSPS) is 11.1. The van der Waals surface area contributed by atoms with E-state index in [4.69, 9.17) is 4.74 Å². The molecule has 0 atom stereocenters. The van der Waals surface area contributed by atoms with Crippen molar-refractivity contribution in [3.8, 4) is 23.0 Å². The van der Waals surface area contributed by atoms with E-state index in [0.717, 1.165) is 6.20 Å². The number of pyridine rings is 1. The number of carbonyl (C=O) groups excluding carboxylic acids is 1. The molecule has 0 aliphatic heterocycles. The van der Waals surface area contributed by atoms with Gasteiger partial charge in [0.15, 0.2) is 5.82 Å². The number of methoxy groups -OCH3 is 1. The lowest BCUT2D eigenvalue weighted by Gasteiger charge is -2.11. The highest BCUT2D eigenvalue weighted by molar-refractivity contribution is 5.96. The maximum Gasteiger partial charge on any atom is 0.574 e. The fourth-order valence-electron chi connectivity index (χ4n) is 2.34. The number of alkyl halides is 3. The zero-order valence-corrected chi connectivity index (χ0v) is 14.4. The van der Waals surface area contributed by atoms with Gasteiger partial charge in [0, 0.05) is 6.20 Å². The van der Waals surface area contributed by atoms with Crippen LogP contribution in [0.2, 0.25) is 0 Å². The number of benzene rings is 1. The summed E-state index contributed by atoms with van der Waals surface area (Å²) in [6.07, 6.45) is -3.87. The number of hydrogen-bond acceptors (Lipinski definition) is 6. The van der Waals surface area contributed by atoms with Crippen LogP contribution in [0.4, 0.5) is 13.2 Å². The molecule has 2 heterocycles. The molecular weight excluding hydrogens is 379 g/mol. The Morgan fingerprint density at radius 2 is 2.00 bits per heavy atom.